The van der Waals surface area contributed by atoms with Gasteiger partial charge in [0.25, 0.3) is 40.5 Å². The van der Waals surface area contributed by atoms with E-state index in [4.69, 9.17) is 29.7 Å². The number of nitrogens with two attached hydrogens (primary N) is 2. The molecular weight excluding hydrogens is 540 g/mol. The van der Waals surface area contributed by atoms with Gasteiger partial charge >= 0.3 is 0 Å². The van der Waals surface area contributed by atoms with Gasteiger partial charge < -0.3 is 11.5 Å². The normalized spacial score (nSPS) is 12.7. The highest BCUT2D eigenvalue weighted by Crippen LogP contribution is 2.31. The number of nitrogen functional groups attached to an aromatic ring is 2. The number of hydrogen-bond acceptors (Lipinski definition) is 10. The lowest BCUT2D eigenvalue weighted by molar-refractivity contribution is 0.479. The maximum Gasteiger partial charge on any atom is 0.296 e. The van der Waals surface area contributed by atoms with E-state index in [-0.39, 0.29) is 16.5 Å². The molecule has 0 heterocycles. The Bertz CT molecular complexity index is 1710. The molecule has 0 aliphatic heterocycles. The van der Waals surface area contributed by atoms with E-state index in [9.17, 15) is 33.7 Å². The number of fused-ring (bicyclic) bond motifs is 1. The lowest BCUT2D eigenvalue weighted by Gasteiger charge is -2.08. The monoisotopic (exact) mass is 556 g/mol. The van der Waals surface area contributed by atoms with E-state index in [1.807, 2.05) is 0 Å². The second-order valence-electron chi connectivity index (χ2n) is 6.47. The molecule has 0 unspecified atom stereocenters. The molecule has 3 aromatic rings. The zero-order chi connectivity index (χ0) is 26.3. The summed E-state index contributed by atoms with van der Waals surface area (Å²) >= 11 is 0. The third-order valence-electron chi connectivity index (χ3n) is 4.08. The number of rotatable bonds is 4. The molecule has 18 heteroatoms. The van der Waals surface area contributed by atoms with Crippen molar-refractivity contribution in [1.29, 1.82) is 0 Å². The van der Waals surface area contributed by atoms with Gasteiger partial charge in [0, 0.05) is 11.1 Å². The van der Waals surface area contributed by atoms with E-state index in [0.29, 0.717) is 0 Å². The lowest BCUT2D eigenvalue weighted by Crippen LogP contribution is -2.05. The fraction of sp³-hybridized carbons (Fsp3) is 0. The smallest absolute Gasteiger partial charge is 0.296 e. The first-order valence-corrected chi connectivity index (χ1v) is 14.1. The fourth-order valence-corrected chi connectivity index (χ4v) is 5.09. The average molecular weight is 557 g/mol. The second kappa shape index (κ2) is 9.07. The van der Waals surface area contributed by atoms with E-state index >= 15 is 0 Å². The molecule has 0 amide bonds. The Labute approximate surface area is 193 Å². The van der Waals surface area contributed by atoms with Gasteiger partial charge in [0.15, 0.2) is 0 Å². The van der Waals surface area contributed by atoms with Crippen molar-refractivity contribution >= 4 is 62.6 Å². The topological polar surface area (TPSA) is 270 Å². The molecule has 0 radical (unpaired) electrons. The van der Waals surface area contributed by atoms with E-state index < -0.39 is 65.7 Å². The van der Waals surface area contributed by atoms with Gasteiger partial charge in [-0.15, -0.1) is 0 Å². The standard InChI is InChI=1S/C10H9NO6S2.C6H7NO6S2/c11-8-5-7(18(12,13)14)4-6-2-1-3-9(10(6)8)19(15,16)17;7-5-3-4(14(8,9)10)1-2-6(5)15(11,12)13/h1-5H,11H2,(H,12,13,14)(H,15,16,17);1-3H,7H2,(H,8,9,10)(H,11,12,13). The zero-order valence-electron chi connectivity index (χ0n) is 16.5. The van der Waals surface area contributed by atoms with Crippen molar-refractivity contribution in [2.24, 2.45) is 0 Å². The second-order valence-corrected chi connectivity index (χ2v) is 12.1. The highest BCUT2D eigenvalue weighted by atomic mass is 32.2. The Kier molecular flexibility index (Phi) is 7.31. The van der Waals surface area contributed by atoms with Crippen molar-refractivity contribution in [3.63, 3.8) is 0 Å². The summed E-state index contributed by atoms with van der Waals surface area (Å²) in [4.78, 5) is -2.04. The summed E-state index contributed by atoms with van der Waals surface area (Å²) in [6.07, 6.45) is 0. The molecule has 0 atom stereocenters. The van der Waals surface area contributed by atoms with Crippen LogP contribution in [0.25, 0.3) is 10.8 Å². The Morgan fingerprint density at radius 3 is 1.47 bits per heavy atom. The minimum absolute atomic E-state index is 0.00241. The van der Waals surface area contributed by atoms with Crippen molar-refractivity contribution in [2.45, 2.75) is 19.6 Å². The van der Waals surface area contributed by atoms with Crippen molar-refractivity contribution in [3.05, 3.63) is 48.5 Å². The van der Waals surface area contributed by atoms with Crippen LogP contribution in [0.15, 0.2) is 68.1 Å². The van der Waals surface area contributed by atoms with Gasteiger partial charge in [-0.25, -0.2) is 0 Å². The third-order valence-corrected chi connectivity index (χ3v) is 7.58. The number of benzene rings is 3. The number of hydrogen-bond donors (Lipinski definition) is 6. The molecule has 8 N–H and O–H groups in total. The summed E-state index contributed by atoms with van der Waals surface area (Å²) in [7, 11) is -17.9. The predicted octanol–water partition coefficient (Wildman–Crippen LogP) is 0.678. The highest BCUT2D eigenvalue weighted by Gasteiger charge is 2.19. The Morgan fingerprint density at radius 1 is 0.529 bits per heavy atom. The maximum atomic E-state index is 11.2. The van der Waals surface area contributed by atoms with Crippen LogP contribution in [0.2, 0.25) is 0 Å². The molecule has 3 aromatic carbocycles. The summed E-state index contributed by atoms with van der Waals surface area (Å²) in [6.45, 7) is 0. The van der Waals surface area contributed by atoms with Crippen LogP contribution < -0.4 is 11.5 Å². The molecule has 0 saturated heterocycles. The molecule has 0 aliphatic carbocycles. The predicted molar refractivity (Wildman–Crippen MR) is 118 cm³/mol. The summed E-state index contributed by atoms with van der Waals surface area (Å²) in [5.74, 6) is 0. The van der Waals surface area contributed by atoms with E-state index in [1.54, 1.807) is 0 Å². The van der Waals surface area contributed by atoms with Crippen LogP contribution in [0.1, 0.15) is 0 Å². The summed E-state index contributed by atoms with van der Waals surface area (Å²) in [5.41, 5.74) is 10.1. The van der Waals surface area contributed by atoms with Crippen molar-refractivity contribution in [1.82, 2.24) is 0 Å². The summed E-state index contributed by atoms with van der Waals surface area (Å²) < 4.78 is 122. The van der Waals surface area contributed by atoms with Crippen LogP contribution in [0.3, 0.4) is 0 Å². The molecule has 14 nitrogen and oxygen atoms in total. The molecule has 186 valence electrons. The molecule has 0 fully saturated rings. The minimum atomic E-state index is -4.50. The molecular formula is C16H16N2O12S4. The van der Waals surface area contributed by atoms with Crippen LogP contribution in [-0.4, -0.2) is 51.9 Å². The van der Waals surface area contributed by atoms with Crippen LogP contribution in [-0.2, 0) is 40.5 Å². The SMILES string of the molecule is Nc1cc(S(=O)(=O)O)cc2cccc(S(=O)(=O)O)c12.Nc1cc(S(=O)(=O)O)ccc1S(=O)(=O)O. The maximum absolute atomic E-state index is 11.2. The third kappa shape index (κ3) is 6.39. The lowest BCUT2D eigenvalue weighted by atomic mass is 10.1. The van der Waals surface area contributed by atoms with Crippen molar-refractivity contribution in [2.75, 3.05) is 11.5 Å². The Balaban J connectivity index is 0.000000248. The number of anilines is 2. The zero-order valence-corrected chi connectivity index (χ0v) is 19.7. The first-order chi connectivity index (χ1) is 15.2. The molecule has 0 spiro atoms. The van der Waals surface area contributed by atoms with Gasteiger partial charge in [0.1, 0.15) is 9.79 Å². The molecule has 34 heavy (non-hydrogen) atoms. The summed E-state index contributed by atoms with van der Waals surface area (Å²) in [5, 5.41) is 0.167. The highest BCUT2D eigenvalue weighted by molar-refractivity contribution is 7.86. The van der Waals surface area contributed by atoms with Crippen LogP contribution in [0.5, 0.6) is 0 Å². The first kappa shape index (κ1) is 27.4. The molecule has 0 saturated carbocycles. The van der Waals surface area contributed by atoms with Gasteiger partial charge in [-0.05, 0) is 41.8 Å². The van der Waals surface area contributed by atoms with Crippen LogP contribution in [0, 0.1) is 0 Å². The van der Waals surface area contributed by atoms with Gasteiger partial charge in [-0.1, -0.05) is 12.1 Å². The first-order valence-electron chi connectivity index (χ1n) is 8.34. The quantitative estimate of drug-likeness (QED) is 0.190. The van der Waals surface area contributed by atoms with Crippen molar-refractivity contribution < 1.29 is 51.9 Å². The molecule has 0 aliphatic rings. The average Bonchev–Trinajstić information content (AvgIpc) is 2.64. The van der Waals surface area contributed by atoms with Crippen molar-refractivity contribution in [3.8, 4) is 0 Å². The molecule has 0 bridgehead atoms. The fourth-order valence-electron chi connectivity index (χ4n) is 2.68. The minimum Gasteiger partial charge on any atom is -0.398 e. The van der Waals surface area contributed by atoms with Crippen LogP contribution in [0.4, 0.5) is 11.4 Å². The van der Waals surface area contributed by atoms with E-state index in [0.717, 1.165) is 36.4 Å². The summed E-state index contributed by atoms with van der Waals surface area (Å²) in [6, 6.07) is 8.19. The van der Waals surface area contributed by atoms with Gasteiger partial charge in [-0.3, -0.25) is 18.2 Å². The van der Waals surface area contributed by atoms with Crippen LogP contribution >= 0.6 is 0 Å². The largest absolute Gasteiger partial charge is 0.398 e. The van der Waals surface area contributed by atoms with E-state index in [2.05, 4.69) is 0 Å². The van der Waals surface area contributed by atoms with Gasteiger partial charge in [0.2, 0.25) is 0 Å². The Hall–Kier alpha value is -2.84. The van der Waals surface area contributed by atoms with E-state index in [1.165, 1.54) is 12.1 Å². The Morgan fingerprint density at radius 2 is 1.03 bits per heavy atom. The molecule has 3 rings (SSSR count). The molecule has 0 aromatic heterocycles. The van der Waals surface area contributed by atoms with Gasteiger partial charge in [-0.2, -0.15) is 33.7 Å². The van der Waals surface area contributed by atoms with Gasteiger partial charge in [0.05, 0.1) is 15.5 Å².